The van der Waals surface area contributed by atoms with E-state index < -0.39 is 11.7 Å². The van der Waals surface area contributed by atoms with E-state index in [1.165, 1.54) is 0 Å². The highest BCUT2D eigenvalue weighted by Gasteiger charge is 2.16. The second-order valence-electron chi connectivity index (χ2n) is 5.40. The molecule has 0 unspecified atom stereocenters. The first-order valence-corrected chi connectivity index (χ1v) is 7.22. The summed E-state index contributed by atoms with van der Waals surface area (Å²) in [6, 6.07) is 9.25. The number of hydrogen-bond donors (Lipinski definition) is 1. The van der Waals surface area contributed by atoms with Crippen molar-refractivity contribution in [1.29, 1.82) is 0 Å². The molecule has 1 aromatic heterocycles. The van der Waals surface area contributed by atoms with Gasteiger partial charge in [-0.05, 0) is 39.0 Å². The molecule has 1 N–H and O–H groups in total. The molecule has 0 aliphatic heterocycles. The lowest BCUT2D eigenvalue weighted by atomic mass is 10.2. The first kappa shape index (κ1) is 15.4. The fourth-order valence-electron chi connectivity index (χ4n) is 1.60. The number of carbonyl (C=O) groups is 1. The van der Waals surface area contributed by atoms with E-state index in [1.807, 2.05) is 24.3 Å². The van der Waals surface area contributed by atoms with E-state index in [9.17, 15) is 4.79 Å². The van der Waals surface area contributed by atoms with Crippen LogP contribution in [0.3, 0.4) is 0 Å². The molecule has 0 radical (unpaired) electrons. The van der Waals surface area contributed by atoms with E-state index in [2.05, 4.69) is 31.2 Å². The molecule has 0 aliphatic carbocycles. The Kier molecular flexibility index (Phi) is 4.57. The lowest BCUT2D eigenvalue weighted by Crippen LogP contribution is -2.27. The molecule has 1 heterocycles. The maximum Gasteiger partial charge on any atom is 0.413 e. The van der Waals surface area contributed by atoms with Crippen molar-refractivity contribution in [3.8, 4) is 11.4 Å². The minimum atomic E-state index is -0.551. The smallest absolute Gasteiger partial charge is 0.413 e. The highest BCUT2D eigenvalue weighted by Crippen LogP contribution is 2.20. The SMILES string of the molecule is CC(C)(C)OC(=O)Nc1ccnc(-c2cccc(Br)c2)n1. The van der Waals surface area contributed by atoms with Gasteiger partial charge in [0.1, 0.15) is 11.4 Å². The van der Waals surface area contributed by atoms with Crippen LogP contribution >= 0.6 is 15.9 Å². The van der Waals surface area contributed by atoms with Gasteiger partial charge in [0.2, 0.25) is 0 Å². The standard InChI is InChI=1S/C15H16BrN3O2/c1-15(2,3)21-14(20)19-12-7-8-17-13(18-12)10-5-4-6-11(16)9-10/h4-9H,1-3H3,(H,17,18,19,20). The highest BCUT2D eigenvalue weighted by atomic mass is 79.9. The monoisotopic (exact) mass is 349 g/mol. The molecule has 2 rings (SSSR count). The molecule has 1 amide bonds. The van der Waals surface area contributed by atoms with Crippen LogP contribution in [0.1, 0.15) is 20.8 Å². The zero-order chi connectivity index (χ0) is 15.5. The summed E-state index contributed by atoms with van der Waals surface area (Å²) >= 11 is 3.41. The van der Waals surface area contributed by atoms with Crippen molar-refractivity contribution in [2.45, 2.75) is 26.4 Å². The minimum absolute atomic E-state index is 0.397. The molecular weight excluding hydrogens is 334 g/mol. The summed E-state index contributed by atoms with van der Waals surface area (Å²) in [6.45, 7) is 5.42. The van der Waals surface area contributed by atoms with Crippen LogP contribution in [0.4, 0.5) is 10.6 Å². The predicted molar refractivity (Wildman–Crippen MR) is 85.0 cm³/mol. The van der Waals surface area contributed by atoms with E-state index in [0.717, 1.165) is 10.0 Å². The van der Waals surface area contributed by atoms with Crippen LogP contribution < -0.4 is 5.32 Å². The maximum absolute atomic E-state index is 11.7. The van der Waals surface area contributed by atoms with Crippen molar-refractivity contribution in [3.63, 3.8) is 0 Å². The van der Waals surface area contributed by atoms with Gasteiger partial charge in [0.15, 0.2) is 5.82 Å². The third-order valence-corrected chi connectivity index (χ3v) is 2.86. The van der Waals surface area contributed by atoms with Gasteiger partial charge in [-0.15, -0.1) is 0 Å². The van der Waals surface area contributed by atoms with Crippen molar-refractivity contribution in [3.05, 3.63) is 41.0 Å². The number of rotatable bonds is 2. The maximum atomic E-state index is 11.7. The number of anilines is 1. The summed E-state index contributed by atoms with van der Waals surface area (Å²) < 4.78 is 6.13. The lowest BCUT2D eigenvalue weighted by Gasteiger charge is -2.19. The van der Waals surface area contributed by atoms with E-state index in [-0.39, 0.29) is 0 Å². The van der Waals surface area contributed by atoms with Crippen LogP contribution in [0.15, 0.2) is 41.0 Å². The van der Waals surface area contributed by atoms with Gasteiger partial charge in [0, 0.05) is 16.2 Å². The zero-order valence-electron chi connectivity index (χ0n) is 12.1. The molecule has 0 spiro atoms. The number of halogens is 1. The van der Waals surface area contributed by atoms with E-state index in [0.29, 0.717) is 11.6 Å². The molecule has 1 aromatic carbocycles. The summed E-state index contributed by atoms with van der Waals surface area (Å²) in [5, 5.41) is 2.60. The minimum Gasteiger partial charge on any atom is -0.444 e. The van der Waals surface area contributed by atoms with Gasteiger partial charge >= 0.3 is 6.09 Å². The second-order valence-corrected chi connectivity index (χ2v) is 6.32. The summed E-state index contributed by atoms with van der Waals surface area (Å²) in [4.78, 5) is 20.2. The summed E-state index contributed by atoms with van der Waals surface area (Å²) in [5.74, 6) is 0.930. The normalized spacial score (nSPS) is 11.0. The van der Waals surface area contributed by atoms with Crippen LogP contribution in [0.5, 0.6) is 0 Å². The van der Waals surface area contributed by atoms with Crippen LogP contribution in [-0.2, 0) is 4.74 Å². The van der Waals surface area contributed by atoms with Crippen molar-refractivity contribution in [2.75, 3.05) is 5.32 Å². The molecule has 0 aliphatic rings. The fraction of sp³-hybridized carbons (Fsp3) is 0.267. The number of carbonyl (C=O) groups excluding carboxylic acids is 1. The first-order chi connectivity index (χ1) is 9.83. The number of ether oxygens (including phenoxy) is 1. The molecular formula is C15H16BrN3O2. The van der Waals surface area contributed by atoms with Crippen LogP contribution in [0.25, 0.3) is 11.4 Å². The van der Waals surface area contributed by atoms with Crippen molar-refractivity contribution in [2.24, 2.45) is 0 Å². The summed E-state index contributed by atoms with van der Waals surface area (Å²) in [5.41, 5.74) is 0.307. The first-order valence-electron chi connectivity index (χ1n) is 6.42. The molecule has 0 atom stereocenters. The van der Waals surface area contributed by atoms with Crippen LogP contribution in [0, 0.1) is 0 Å². The molecule has 5 nitrogen and oxygen atoms in total. The Morgan fingerprint density at radius 2 is 2.05 bits per heavy atom. The van der Waals surface area contributed by atoms with Crippen molar-refractivity contribution in [1.82, 2.24) is 9.97 Å². The molecule has 0 fully saturated rings. The second kappa shape index (κ2) is 6.22. The van der Waals surface area contributed by atoms with Crippen molar-refractivity contribution >= 4 is 27.8 Å². The lowest BCUT2D eigenvalue weighted by molar-refractivity contribution is 0.0635. The van der Waals surface area contributed by atoms with Gasteiger partial charge in [-0.25, -0.2) is 14.8 Å². The van der Waals surface area contributed by atoms with Gasteiger partial charge < -0.3 is 4.74 Å². The Morgan fingerprint density at radius 3 is 2.71 bits per heavy atom. The quantitative estimate of drug-likeness (QED) is 0.879. The molecule has 2 aromatic rings. The summed E-state index contributed by atoms with van der Waals surface area (Å²) in [7, 11) is 0. The Hall–Kier alpha value is -1.95. The van der Waals surface area contributed by atoms with Gasteiger partial charge in [-0.2, -0.15) is 0 Å². The van der Waals surface area contributed by atoms with Gasteiger partial charge in [0.05, 0.1) is 0 Å². The average molecular weight is 350 g/mol. The third-order valence-electron chi connectivity index (χ3n) is 2.37. The fourth-order valence-corrected chi connectivity index (χ4v) is 2.00. The number of benzene rings is 1. The Morgan fingerprint density at radius 1 is 1.29 bits per heavy atom. The zero-order valence-corrected chi connectivity index (χ0v) is 13.6. The highest BCUT2D eigenvalue weighted by molar-refractivity contribution is 9.10. The molecule has 21 heavy (non-hydrogen) atoms. The Bertz CT molecular complexity index is 653. The molecule has 6 heteroatoms. The van der Waals surface area contributed by atoms with Gasteiger partial charge in [0.25, 0.3) is 0 Å². The molecule has 0 saturated carbocycles. The van der Waals surface area contributed by atoms with Gasteiger partial charge in [-0.1, -0.05) is 28.1 Å². The largest absolute Gasteiger partial charge is 0.444 e. The number of amides is 1. The third kappa shape index (κ3) is 4.82. The number of nitrogens with one attached hydrogen (secondary N) is 1. The van der Waals surface area contributed by atoms with Crippen LogP contribution in [-0.4, -0.2) is 21.7 Å². The average Bonchev–Trinajstić information content (AvgIpc) is 2.36. The van der Waals surface area contributed by atoms with Crippen LogP contribution in [0.2, 0.25) is 0 Å². The number of hydrogen-bond acceptors (Lipinski definition) is 4. The van der Waals surface area contributed by atoms with E-state index in [1.54, 1.807) is 33.0 Å². The molecule has 110 valence electrons. The summed E-state index contributed by atoms with van der Waals surface area (Å²) in [6.07, 6.45) is 1.05. The van der Waals surface area contributed by atoms with Gasteiger partial charge in [-0.3, -0.25) is 5.32 Å². The number of aromatic nitrogens is 2. The number of nitrogens with zero attached hydrogens (tertiary/aromatic N) is 2. The van der Waals surface area contributed by atoms with E-state index in [4.69, 9.17) is 4.74 Å². The topological polar surface area (TPSA) is 64.1 Å². The Balaban J connectivity index is 2.17. The van der Waals surface area contributed by atoms with E-state index >= 15 is 0 Å². The molecule has 0 bridgehead atoms. The van der Waals surface area contributed by atoms with Crippen molar-refractivity contribution < 1.29 is 9.53 Å². The Labute approximate surface area is 131 Å². The molecule has 0 saturated heterocycles. The predicted octanol–water partition coefficient (Wildman–Crippen LogP) is 4.25.